The molecule has 103 valence electrons. The molecule has 5 heteroatoms. The van der Waals surface area contributed by atoms with E-state index in [1.807, 2.05) is 12.1 Å². The minimum atomic E-state index is -0.415. The molecule has 0 aliphatic heterocycles. The number of amides is 1. The van der Waals surface area contributed by atoms with E-state index in [0.717, 1.165) is 5.56 Å². The van der Waals surface area contributed by atoms with Crippen LogP contribution in [0.1, 0.15) is 16.2 Å². The maximum absolute atomic E-state index is 12.1. The van der Waals surface area contributed by atoms with Gasteiger partial charge in [-0.2, -0.15) is 0 Å². The highest BCUT2D eigenvalue weighted by molar-refractivity contribution is 5.92. The molecular weight excluding hydrogens is 266 g/mol. The number of fused-ring (bicyclic) bond motifs is 1. The molecule has 0 fully saturated rings. The number of carbonyl (C=O) groups is 1. The summed E-state index contributed by atoms with van der Waals surface area (Å²) in [5.41, 5.74) is 1.10. The van der Waals surface area contributed by atoms with Crippen LogP contribution < -0.4 is 10.9 Å². The molecule has 21 heavy (non-hydrogen) atoms. The van der Waals surface area contributed by atoms with Gasteiger partial charge in [-0.1, -0.05) is 30.3 Å². The van der Waals surface area contributed by atoms with Crippen LogP contribution in [-0.4, -0.2) is 15.9 Å². The van der Waals surface area contributed by atoms with Gasteiger partial charge in [-0.3, -0.25) is 9.59 Å². The summed E-state index contributed by atoms with van der Waals surface area (Å²) in [5, 5.41) is 3.18. The van der Waals surface area contributed by atoms with E-state index in [4.69, 9.17) is 0 Å². The number of rotatable bonds is 3. The van der Waals surface area contributed by atoms with Crippen molar-refractivity contribution in [3.05, 3.63) is 76.3 Å². The van der Waals surface area contributed by atoms with E-state index in [1.165, 1.54) is 0 Å². The molecule has 1 heterocycles. The summed E-state index contributed by atoms with van der Waals surface area (Å²) in [6.07, 6.45) is 0. The first-order chi connectivity index (χ1) is 10.2. The van der Waals surface area contributed by atoms with E-state index in [1.54, 1.807) is 36.4 Å². The monoisotopic (exact) mass is 278 g/mol. The SMILES string of the molecule is O=C(NCc1c[c]ccc1)c1nc2ccccc2c(=O)[nH]1. The first kappa shape index (κ1) is 13.1. The van der Waals surface area contributed by atoms with Crippen LogP contribution in [0.4, 0.5) is 0 Å². The number of benzene rings is 2. The van der Waals surface area contributed by atoms with Gasteiger partial charge < -0.3 is 10.3 Å². The predicted octanol–water partition coefficient (Wildman–Crippen LogP) is 1.65. The van der Waals surface area contributed by atoms with Crippen LogP contribution in [0.2, 0.25) is 0 Å². The van der Waals surface area contributed by atoms with E-state index >= 15 is 0 Å². The highest BCUT2D eigenvalue weighted by atomic mass is 16.2. The number of carbonyl (C=O) groups excluding carboxylic acids is 1. The molecule has 5 nitrogen and oxygen atoms in total. The first-order valence-electron chi connectivity index (χ1n) is 6.46. The minimum Gasteiger partial charge on any atom is -0.345 e. The second-order valence-electron chi connectivity index (χ2n) is 4.53. The molecule has 2 N–H and O–H groups in total. The summed E-state index contributed by atoms with van der Waals surface area (Å²) < 4.78 is 0. The van der Waals surface area contributed by atoms with Crippen molar-refractivity contribution in [3.63, 3.8) is 0 Å². The number of aromatic amines is 1. The molecule has 0 aliphatic rings. The number of nitrogens with one attached hydrogen (secondary N) is 2. The number of aromatic nitrogens is 2. The van der Waals surface area contributed by atoms with E-state index in [-0.39, 0.29) is 11.4 Å². The largest absolute Gasteiger partial charge is 0.345 e. The summed E-state index contributed by atoms with van der Waals surface area (Å²) in [6.45, 7) is 0.354. The van der Waals surface area contributed by atoms with Crippen LogP contribution >= 0.6 is 0 Å². The predicted molar refractivity (Wildman–Crippen MR) is 78.8 cm³/mol. The molecule has 0 unspecified atom stereocenters. The third-order valence-corrected chi connectivity index (χ3v) is 3.05. The summed E-state index contributed by atoms with van der Waals surface area (Å²) in [7, 11) is 0. The molecule has 0 bridgehead atoms. The van der Waals surface area contributed by atoms with Gasteiger partial charge in [0.15, 0.2) is 5.82 Å². The van der Waals surface area contributed by atoms with Gasteiger partial charge in [-0.15, -0.1) is 0 Å². The number of para-hydroxylation sites is 1. The molecule has 1 radical (unpaired) electrons. The second kappa shape index (κ2) is 5.58. The molecule has 0 saturated carbocycles. The van der Waals surface area contributed by atoms with Gasteiger partial charge in [0.25, 0.3) is 11.5 Å². The Morgan fingerprint density at radius 2 is 2.10 bits per heavy atom. The maximum atomic E-state index is 12.1. The molecule has 2 aromatic carbocycles. The molecule has 1 aromatic heterocycles. The Labute approximate surface area is 120 Å². The summed E-state index contributed by atoms with van der Waals surface area (Å²) in [5.74, 6) is -0.402. The lowest BCUT2D eigenvalue weighted by molar-refractivity contribution is 0.0940. The van der Waals surface area contributed by atoms with Crippen LogP contribution in [-0.2, 0) is 6.54 Å². The Hall–Kier alpha value is -2.95. The van der Waals surface area contributed by atoms with Gasteiger partial charge in [0.05, 0.1) is 10.9 Å². The van der Waals surface area contributed by atoms with Crippen molar-refractivity contribution in [2.75, 3.05) is 0 Å². The molecule has 0 atom stereocenters. The molecule has 3 aromatic rings. The maximum Gasteiger partial charge on any atom is 0.287 e. The third-order valence-electron chi connectivity index (χ3n) is 3.05. The van der Waals surface area contributed by atoms with Crippen LogP contribution in [0.3, 0.4) is 0 Å². The lowest BCUT2D eigenvalue weighted by Crippen LogP contribution is -2.27. The van der Waals surface area contributed by atoms with Gasteiger partial charge in [0.2, 0.25) is 0 Å². The normalized spacial score (nSPS) is 10.5. The molecule has 0 spiro atoms. The van der Waals surface area contributed by atoms with Gasteiger partial charge in [0.1, 0.15) is 0 Å². The number of hydrogen-bond acceptors (Lipinski definition) is 3. The van der Waals surface area contributed by atoms with Crippen LogP contribution in [0.5, 0.6) is 0 Å². The van der Waals surface area contributed by atoms with Crippen LogP contribution in [0.25, 0.3) is 10.9 Å². The van der Waals surface area contributed by atoms with Crippen LogP contribution in [0.15, 0.2) is 53.3 Å². The fourth-order valence-corrected chi connectivity index (χ4v) is 2.00. The van der Waals surface area contributed by atoms with E-state index in [9.17, 15) is 9.59 Å². The standard InChI is InChI=1S/C16H12N3O2/c20-15-12-8-4-5-9-13(12)18-14(19-15)16(21)17-10-11-6-2-1-3-7-11/h1-2,4-9H,10H2,(H,17,21)(H,18,19,20). The first-order valence-corrected chi connectivity index (χ1v) is 6.46. The topological polar surface area (TPSA) is 74.8 Å². The van der Waals surface area contributed by atoms with Gasteiger partial charge in [0, 0.05) is 6.54 Å². The smallest absolute Gasteiger partial charge is 0.287 e. The van der Waals surface area contributed by atoms with Crippen molar-refractivity contribution in [1.29, 1.82) is 0 Å². The number of H-pyrrole nitrogens is 1. The summed E-state index contributed by atoms with van der Waals surface area (Å²) in [6, 6.07) is 17.1. The van der Waals surface area contributed by atoms with Crippen molar-refractivity contribution >= 4 is 16.8 Å². The zero-order valence-electron chi connectivity index (χ0n) is 11.1. The summed E-state index contributed by atoms with van der Waals surface area (Å²) >= 11 is 0. The Bertz CT molecular complexity index is 841. The lowest BCUT2D eigenvalue weighted by Gasteiger charge is -2.05. The van der Waals surface area contributed by atoms with Crippen molar-refractivity contribution in [2.45, 2.75) is 6.54 Å². The molecule has 0 aliphatic carbocycles. The fraction of sp³-hybridized carbons (Fsp3) is 0.0625. The van der Waals surface area contributed by atoms with Gasteiger partial charge in [-0.05, 0) is 29.8 Å². The average Bonchev–Trinajstić information content (AvgIpc) is 2.53. The minimum absolute atomic E-state index is 0.0126. The number of nitrogens with zero attached hydrogens (tertiary/aromatic N) is 1. The molecule has 0 saturated heterocycles. The van der Waals surface area contributed by atoms with Gasteiger partial charge in [-0.25, -0.2) is 4.98 Å². The highest BCUT2D eigenvalue weighted by Crippen LogP contribution is 2.05. The molecular formula is C16H12N3O2. The average molecular weight is 278 g/mol. The Morgan fingerprint density at radius 3 is 2.90 bits per heavy atom. The zero-order valence-corrected chi connectivity index (χ0v) is 11.1. The van der Waals surface area contributed by atoms with Crippen molar-refractivity contribution in [1.82, 2.24) is 15.3 Å². The molecule has 1 amide bonds. The fourth-order valence-electron chi connectivity index (χ4n) is 2.00. The number of hydrogen-bond donors (Lipinski definition) is 2. The second-order valence-corrected chi connectivity index (χ2v) is 4.53. The van der Waals surface area contributed by atoms with Crippen molar-refractivity contribution in [2.24, 2.45) is 0 Å². The van der Waals surface area contributed by atoms with Crippen LogP contribution in [0, 0.1) is 6.07 Å². The summed E-state index contributed by atoms with van der Waals surface area (Å²) in [4.78, 5) is 30.6. The Balaban J connectivity index is 1.83. The third kappa shape index (κ3) is 2.81. The Morgan fingerprint density at radius 1 is 1.24 bits per heavy atom. The lowest BCUT2D eigenvalue weighted by atomic mass is 10.2. The zero-order chi connectivity index (χ0) is 14.7. The van der Waals surface area contributed by atoms with Crippen molar-refractivity contribution < 1.29 is 4.79 Å². The van der Waals surface area contributed by atoms with Crippen molar-refractivity contribution in [3.8, 4) is 0 Å². The van der Waals surface area contributed by atoms with E-state index in [0.29, 0.717) is 17.4 Å². The van der Waals surface area contributed by atoms with Gasteiger partial charge >= 0.3 is 0 Å². The highest BCUT2D eigenvalue weighted by Gasteiger charge is 2.10. The molecule has 3 rings (SSSR count). The van der Waals surface area contributed by atoms with E-state index < -0.39 is 5.91 Å². The Kier molecular flexibility index (Phi) is 3.47. The quantitative estimate of drug-likeness (QED) is 0.765. The van der Waals surface area contributed by atoms with E-state index in [2.05, 4.69) is 21.4 Å².